The van der Waals surface area contributed by atoms with Crippen LogP contribution in [0.15, 0.2) is 71.8 Å². The number of carboxylic acid groups (broad SMARTS) is 1. The Morgan fingerprint density at radius 1 is 1.04 bits per heavy atom. The number of carboxylic acids is 1. The highest BCUT2D eigenvalue weighted by atomic mass is 35.5. The summed E-state index contributed by atoms with van der Waals surface area (Å²) in [5.74, 6) is -0.309. The molecule has 3 aromatic rings. The van der Waals surface area contributed by atoms with Gasteiger partial charge in [-0.15, -0.1) is 0 Å². The number of ether oxygens (including phenoxy) is 1. The molecule has 28 heavy (non-hydrogen) atoms. The van der Waals surface area contributed by atoms with Crippen LogP contribution in [0, 0.1) is 0 Å². The molecule has 3 rings (SSSR count). The summed E-state index contributed by atoms with van der Waals surface area (Å²) in [5.41, 5.74) is 5.18. The number of aromatic carboxylic acids is 1. The minimum atomic E-state index is -0.985. The van der Waals surface area contributed by atoms with Gasteiger partial charge < -0.3 is 9.84 Å². The van der Waals surface area contributed by atoms with E-state index in [4.69, 9.17) is 33.0 Å². The first-order valence-corrected chi connectivity index (χ1v) is 9.07. The minimum absolute atomic E-state index is 0.195. The molecule has 0 spiro atoms. The first-order valence-electron chi connectivity index (χ1n) is 8.31. The van der Waals surface area contributed by atoms with E-state index in [9.17, 15) is 4.79 Å². The van der Waals surface area contributed by atoms with Crippen LogP contribution in [0.1, 0.15) is 21.5 Å². The van der Waals surface area contributed by atoms with Gasteiger partial charge in [0.1, 0.15) is 12.4 Å². The van der Waals surface area contributed by atoms with Gasteiger partial charge in [-0.2, -0.15) is 5.10 Å². The third-order valence-corrected chi connectivity index (χ3v) is 4.55. The van der Waals surface area contributed by atoms with E-state index in [1.165, 1.54) is 12.1 Å². The topological polar surface area (TPSA) is 70.9 Å². The maximum Gasteiger partial charge on any atom is 0.335 e. The molecule has 0 heterocycles. The Morgan fingerprint density at radius 2 is 1.71 bits per heavy atom. The second-order valence-corrected chi connectivity index (χ2v) is 6.63. The molecule has 5 nitrogen and oxygen atoms in total. The largest absolute Gasteiger partial charge is 0.489 e. The summed E-state index contributed by atoms with van der Waals surface area (Å²) < 4.78 is 5.73. The van der Waals surface area contributed by atoms with Crippen molar-refractivity contribution >= 4 is 41.1 Å². The number of hydrogen-bond donors (Lipinski definition) is 2. The predicted molar refractivity (Wildman–Crippen MR) is 112 cm³/mol. The van der Waals surface area contributed by atoms with Crippen molar-refractivity contribution < 1.29 is 14.6 Å². The Bertz CT molecular complexity index is 985. The second-order valence-electron chi connectivity index (χ2n) is 5.81. The number of halogens is 2. The Hall–Kier alpha value is -3.02. The van der Waals surface area contributed by atoms with E-state index >= 15 is 0 Å². The lowest BCUT2D eigenvalue weighted by Crippen LogP contribution is -1.98. The number of hydrogen-bond acceptors (Lipinski definition) is 4. The number of rotatable bonds is 7. The van der Waals surface area contributed by atoms with Crippen LogP contribution in [0.4, 0.5) is 5.69 Å². The zero-order chi connectivity index (χ0) is 19.9. The molecule has 0 unspecified atom stereocenters. The number of carbonyl (C=O) groups is 1. The van der Waals surface area contributed by atoms with Crippen molar-refractivity contribution in [2.45, 2.75) is 6.61 Å². The normalized spacial score (nSPS) is 10.8. The van der Waals surface area contributed by atoms with Crippen molar-refractivity contribution in [3.05, 3.63) is 93.5 Å². The number of benzene rings is 3. The Morgan fingerprint density at radius 3 is 2.39 bits per heavy atom. The zero-order valence-corrected chi connectivity index (χ0v) is 16.1. The van der Waals surface area contributed by atoms with Crippen molar-refractivity contribution in [1.29, 1.82) is 0 Å². The average molecular weight is 415 g/mol. The molecule has 0 aliphatic rings. The number of hydrazone groups is 1. The van der Waals surface area contributed by atoms with E-state index < -0.39 is 5.97 Å². The molecule has 0 radical (unpaired) electrons. The molecule has 2 N–H and O–H groups in total. The number of nitrogens with zero attached hydrogens (tertiary/aromatic N) is 1. The lowest BCUT2D eigenvalue weighted by Gasteiger charge is -2.09. The van der Waals surface area contributed by atoms with E-state index in [1.54, 1.807) is 36.5 Å². The highest BCUT2D eigenvalue weighted by Crippen LogP contribution is 2.25. The van der Waals surface area contributed by atoms with Gasteiger partial charge in [0.15, 0.2) is 0 Å². The van der Waals surface area contributed by atoms with E-state index in [0.29, 0.717) is 21.5 Å². The molecule has 0 saturated heterocycles. The van der Waals surface area contributed by atoms with Gasteiger partial charge in [0, 0.05) is 15.6 Å². The summed E-state index contributed by atoms with van der Waals surface area (Å²) in [4.78, 5) is 11.0. The van der Waals surface area contributed by atoms with Gasteiger partial charge in [-0.1, -0.05) is 35.3 Å². The third-order valence-electron chi connectivity index (χ3n) is 3.84. The van der Waals surface area contributed by atoms with Gasteiger partial charge in [0.05, 0.1) is 17.5 Å². The molecule has 0 atom stereocenters. The van der Waals surface area contributed by atoms with Crippen LogP contribution in [0.5, 0.6) is 5.75 Å². The van der Waals surface area contributed by atoms with E-state index in [-0.39, 0.29) is 12.2 Å². The molecule has 0 bridgehead atoms. The fraction of sp³-hybridized carbons (Fsp3) is 0.0476. The SMILES string of the molecule is O=C(O)c1cccc(NN=Cc2ccc(OCc3c(Cl)cccc3Cl)cc2)c1. The first-order chi connectivity index (χ1) is 13.5. The molecular formula is C21H16Cl2N2O3. The highest BCUT2D eigenvalue weighted by Gasteiger charge is 2.06. The summed E-state index contributed by atoms with van der Waals surface area (Å²) in [6, 6.07) is 19.1. The molecule has 7 heteroatoms. The lowest BCUT2D eigenvalue weighted by molar-refractivity contribution is 0.0697. The smallest absolute Gasteiger partial charge is 0.335 e. The standard InChI is InChI=1S/C21H16Cl2N2O3/c22-19-5-2-6-20(23)18(19)13-28-17-9-7-14(8-10-17)12-24-25-16-4-1-3-15(11-16)21(26)27/h1-12,25H,13H2,(H,26,27). The van der Waals surface area contributed by atoms with Crippen LogP contribution in [-0.4, -0.2) is 17.3 Å². The van der Waals surface area contributed by atoms with Gasteiger partial charge in [-0.3, -0.25) is 5.43 Å². The van der Waals surface area contributed by atoms with Crippen molar-refractivity contribution in [2.24, 2.45) is 5.10 Å². The van der Waals surface area contributed by atoms with Gasteiger partial charge in [0.25, 0.3) is 0 Å². The molecule has 0 saturated carbocycles. The molecular weight excluding hydrogens is 399 g/mol. The minimum Gasteiger partial charge on any atom is -0.489 e. The van der Waals surface area contributed by atoms with Crippen molar-refractivity contribution in [3.8, 4) is 5.75 Å². The van der Waals surface area contributed by atoms with Gasteiger partial charge in [-0.25, -0.2) is 4.79 Å². The fourth-order valence-corrected chi connectivity index (χ4v) is 2.89. The maximum atomic E-state index is 11.0. The summed E-state index contributed by atoms with van der Waals surface area (Å²) in [6.07, 6.45) is 1.63. The Kier molecular flexibility index (Phi) is 6.53. The van der Waals surface area contributed by atoms with Crippen molar-refractivity contribution in [1.82, 2.24) is 0 Å². The lowest BCUT2D eigenvalue weighted by atomic mass is 10.2. The van der Waals surface area contributed by atoms with E-state index in [0.717, 1.165) is 11.1 Å². The summed E-state index contributed by atoms with van der Waals surface area (Å²) in [7, 11) is 0. The molecule has 3 aromatic carbocycles. The van der Waals surface area contributed by atoms with Crippen LogP contribution >= 0.6 is 23.2 Å². The van der Waals surface area contributed by atoms with Crippen LogP contribution in [0.2, 0.25) is 10.0 Å². The van der Waals surface area contributed by atoms with Crippen LogP contribution < -0.4 is 10.2 Å². The quantitative estimate of drug-likeness (QED) is 0.383. The van der Waals surface area contributed by atoms with Crippen LogP contribution in [0.3, 0.4) is 0 Å². The molecule has 0 aromatic heterocycles. The van der Waals surface area contributed by atoms with Crippen LogP contribution in [0.25, 0.3) is 0 Å². The van der Waals surface area contributed by atoms with Gasteiger partial charge in [0.2, 0.25) is 0 Å². The average Bonchev–Trinajstić information content (AvgIpc) is 2.69. The Labute approximate surface area is 172 Å². The zero-order valence-electron chi connectivity index (χ0n) is 14.6. The number of anilines is 1. The van der Waals surface area contributed by atoms with E-state index in [2.05, 4.69) is 10.5 Å². The molecule has 0 amide bonds. The highest BCUT2D eigenvalue weighted by molar-refractivity contribution is 6.35. The molecule has 0 aliphatic carbocycles. The molecule has 142 valence electrons. The molecule has 0 aliphatic heterocycles. The maximum absolute atomic E-state index is 11.0. The third kappa shape index (κ3) is 5.25. The van der Waals surface area contributed by atoms with E-state index in [1.807, 2.05) is 24.3 Å². The number of nitrogens with one attached hydrogen (secondary N) is 1. The molecule has 0 fully saturated rings. The fourth-order valence-electron chi connectivity index (χ4n) is 2.38. The van der Waals surface area contributed by atoms with Gasteiger partial charge >= 0.3 is 5.97 Å². The monoisotopic (exact) mass is 414 g/mol. The van der Waals surface area contributed by atoms with Crippen LogP contribution in [-0.2, 0) is 6.61 Å². The second kappa shape index (κ2) is 9.26. The first kappa shape index (κ1) is 19.7. The summed E-state index contributed by atoms with van der Waals surface area (Å²) in [6.45, 7) is 0.271. The van der Waals surface area contributed by atoms with Crippen molar-refractivity contribution in [2.75, 3.05) is 5.43 Å². The Balaban J connectivity index is 1.58. The van der Waals surface area contributed by atoms with Gasteiger partial charge in [-0.05, 0) is 60.2 Å². The predicted octanol–water partition coefficient (Wildman–Crippen LogP) is 5.72. The summed E-state index contributed by atoms with van der Waals surface area (Å²) >= 11 is 12.3. The van der Waals surface area contributed by atoms with Crippen molar-refractivity contribution in [3.63, 3.8) is 0 Å². The summed E-state index contributed by atoms with van der Waals surface area (Å²) in [5, 5.41) is 14.2.